The van der Waals surface area contributed by atoms with Gasteiger partial charge in [0.2, 0.25) is 0 Å². The molecule has 0 aromatic heterocycles. The molecule has 3 rings (SSSR count). The van der Waals surface area contributed by atoms with Gasteiger partial charge in [0, 0.05) is 29.5 Å². The first-order valence-corrected chi connectivity index (χ1v) is 5.98. The van der Waals surface area contributed by atoms with Crippen molar-refractivity contribution in [2.45, 2.75) is 13.1 Å². The highest BCUT2D eigenvalue weighted by Crippen LogP contribution is 2.31. The summed E-state index contributed by atoms with van der Waals surface area (Å²) >= 11 is 5.89. The second-order valence-electron chi connectivity index (χ2n) is 4.32. The van der Waals surface area contributed by atoms with Gasteiger partial charge in [-0.05, 0) is 41.5 Å². The molecule has 2 N–H and O–H groups in total. The number of benzene rings is 2. The minimum atomic E-state index is 0.768. The smallest absolute Gasteiger partial charge is 0.0457 e. The van der Waals surface area contributed by atoms with Crippen LogP contribution in [0.15, 0.2) is 42.5 Å². The van der Waals surface area contributed by atoms with E-state index >= 15 is 0 Å². The van der Waals surface area contributed by atoms with Crippen molar-refractivity contribution in [3.63, 3.8) is 0 Å². The Morgan fingerprint density at radius 3 is 2.47 bits per heavy atom. The quantitative estimate of drug-likeness (QED) is 0.779. The van der Waals surface area contributed by atoms with E-state index in [1.807, 2.05) is 36.4 Å². The maximum atomic E-state index is 5.99. The first-order valence-electron chi connectivity index (χ1n) is 5.61. The predicted molar refractivity (Wildman–Crippen MR) is 72.2 cm³/mol. The summed E-state index contributed by atoms with van der Waals surface area (Å²) in [6.07, 6.45) is 0. The van der Waals surface area contributed by atoms with Gasteiger partial charge in [-0.1, -0.05) is 23.7 Å². The van der Waals surface area contributed by atoms with Crippen molar-refractivity contribution >= 4 is 23.0 Å². The Labute approximate surface area is 106 Å². The molecule has 1 aliphatic heterocycles. The molecular formula is C14H13ClN2. The van der Waals surface area contributed by atoms with E-state index in [1.165, 1.54) is 16.8 Å². The number of nitrogens with two attached hydrogens (primary N) is 1. The van der Waals surface area contributed by atoms with Crippen LogP contribution < -0.4 is 10.6 Å². The summed E-state index contributed by atoms with van der Waals surface area (Å²) in [5, 5.41) is 0.768. The highest BCUT2D eigenvalue weighted by atomic mass is 35.5. The largest absolute Gasteiger partial charge is 0.398 e. The van der Waals surface area contributed by atoms with Crippen LogP contribution in [0.4, 0.5) is 11.4 Å². The molecule has 0 bridgehead atoms. The molecule has 3 heteroatoms. The van der Waals surface area contributed by atoms with Gasteiger partial charge in [0.25, 0.3) is 0 Å². The zero-order valence-corrected chi connectivity index (χ0v) is 10.1. The lowest BCUT2D eigenvalue weighted by molar-refractivity contribution is 0.881. The molecule has 17 heavy (non-hydrogen) atoms. The van der Waals surface area contributed by atoms with Gasteiger partial charge in [-0.25, -0.2) is 0 Å². The molecule has 2 aromatic rings. The molecule has 0 radical (unpaired) electrons. The van der Waals surface area contributed by atoms with Crippen LogP contribution in [0.3, 0.4) is 0 Å². The van der Waals surface area contributed by atoms with Crippen LogP contribution in [-0.2, 0) is 13.1 Å². The molecule has 0 fully saturated rings. The van der Waals surface area contributed by atoms with Gasteiger partial charge in [0.05, 0.1) is 0 Å². The summed E-state index contributed by atoms with van der Waals surface area (Å²) in [6, 6.07) is 14.0. The van der Waals surface area contributed by atoms with Gasteiger partial charge in [-0.15, -0.1) is 0 Å². The lowest BCUT2D eigenvalue weighted by atomic mass is 10.1. The fraction of sp³-hybridized carbons (Fsp3) is 0.143. The number of anilines is 2. The second kappa shape index (κ2) is 3.97. The molecular weight excluding hydrogens is 232 g/mol. The third kappa shape index (κ3) is 1.85. The lowest BCUT2D eigenvalue weighted by Gasteiger charge is -2.17. The van der Waals surface area contributed by atoms with Crippen LogP contribution in [-0.4, -0.2) is 0 Å². The van der Waals surface area contributed by atoms with E-state index in [0.717, 1.165) is 23.8 Å². The number of nitrogen functional groups attached to an aromatic ring is 1. The van der Waals surface area contributed by atoms with Crippen LogP contribution in [0, 0.1) is 0 Å². The van der Waals surface area contributed by atoms with Crippen molar-refractivity contribution in [3.05, 3.63) is 58.6 Å². The van der Waals surface area contributed by atoms with Crippen molar-refractivity contribution in [1.29, 1.82) is 0 Å². The Bertz CT molecular complexity index is 549. The molecule has 0 amide bonds. The third-order valence-electron chi connectivity index (χ3n) is 3.21. The van der Waals surface area contributed by atoms with Gasteiger partial charge in [0.1, 0.15) is 0 Å². The average molecular weight is 245 g/mol. The molecule has 1 aliphatic rings. The highest BCUT2D eigenvalue weighted by Gasteiger charge is 2.20. The van der Waals surface area contributed by atoms with Crippen LogP contribution in [0.1, 0.15) is 11.1 Å². The topological polar surface area (TPSA) is 29.3 Å². The van der Waals surface area contributed by atoms with Gasteiger partial charge in [-0.3, -0.25) is 0 Å². The number of rotatable bonds is 1. The molecule has 2 aromatic carbocycles. The van der Waals surface area contributed by atoms with E-state index in [4.69, 9.17) is 17.3 Å². The van der Waals surface area contributed by atoms with Gasteiger partial charge >= 0.3 is 0 Å². The summed E-state index contributed by atoms with van der Waals surface area (Å²) in [5.41, 5.74) is 10.6. The van der Waals surface area contributed by atoms with E-state index in [0.29, 0.717) is 0 Å². The summed E-state index contributed by atoms with van der Waals surface area (Å²) in [6.45, 7) is 1.80. The third-order valence-corrected chi connectivity index (χ3v) is 3.46. The van der Waals surface area contributed by atoms with Crippen molar-refractivity contribution in [3.8, 4) is 0 Å². The minimum Gasteiger partial charge on any atom is -0.398 e. The molecule has 0 saturated carbocycles. The molecule has 0 unspecified atom stereocenters. The normalized spacial score (nSPS) is 13.8. The van der Waals surface area contributed by atoms with E-state index in [1.54, 1.807) is 0 Å². The first kappa shape index (κ1) is 10.5. The molecule has 0 atom stereocenters. The first-order chi connectivity index (χ1) is 8.24. The Kier molecular flexibility index (Phi) is 2.45. The SMILES string of the molecule is Nc1cccc2c1CN(c1ccc(Cl)cc1)C2. The van der Waals surface area contributed by atoms with Crippen LogP contribution in [0.5, 0.6) is 0 Å². The fourth-order valence-corrected chi connectivity index (χ4v) is 2.41. The van der Waals surface area contributed by atoms with Crippen molar-refractivity contribution in [2.24, 2.45) is 0 Å². The standard InChI is InChI=1S/C14H13ClN2/c15-11-4-6-12(7-5-11)17-8-10-2-1-3-14(16)13(10)9-17/h1-7H,8-9,16H2. The summed E-state index contributed by atoms with van der Waals surface area (Å²) in [5.74, 6) is 0. The van der Waals surface area contributed by atoms with Gasteiger partial charge < -0.3 is 10.6 Å². The average Bonchev–Trinajstić information content (AvgIpc) is 2.75. The zero-order valence-electron chi connectivity index (χ0n) is 9.36. The molecule has 2 nitrogen and oxygen atoms in total. The predicted octanol–water partition coefficient (Wildman–Crippen LogP) is 3.44. The van der Waals surface area contributed by atoms with E-state index in [9.17, 15) is 0 Å². The molecule has 1 heterocycles. The Hall–Kier alpha value is -1.67. The Morgan fingerprint density at radius 1 is 1.00 bits per heavy atom. The Balaban J connectivity index is 1.91. The molecule has 0 spiro atoms. The Morgan fingerprint density at radius 2 is 1.76 bits per heavy atom. The monoisotopic (exact) mass is 244 g/mol. The number of fused-ring (bicyclic) bond motifs is 1. The lowest BCUT2D eigenvalue weighted by Crippen LogP contribution is -2.14. The summed E-state index contributed by atoms with van der Waals surface area (Å²) in [4.78, 5) is 2.30. The van der Waals surface area contributed by atoms with E-state index < -0.39 is 0 Å². The molecule has 86 valence electrons. The van der Waals surface area contributed by atoms with E-state index in [-0.39, 0.29) is 0 Å². The fourth-order valence-electron chi connectivity index (χ4n) is 2.28. The second-order valence-corrected chi connectivity index (χ2v) is 4.75. The highest BCUT2D eigenvalue weighted by molar-refractivity contribution is 6.30. The van der Waals surface area contributed by atoms with Gasteiger partial charge in [0.15, 0.2) is 0 Å². The van der Waals surface area contributed by atoms with Crippen LogP contribution >= 0.6 is 11.6 Å². The maximum Gasteiger partial charge on any atom is 0.0457 e. The van der Waals surface area contributed by atoms with Crippen LogP contribution in [0.2, 0.25) is 5.02 Å². The van der Waals surface area contributed by atoms with Crippen molar-refractivity contribution in [2.75, 3.05) is 10.6 Å². The number of halogens is 1. The summed E-state index contributed by atoms with van der Waals surface area (Å²) in [7, 11) is 0. The number of hydrogen-bond acceptors (Lipinski definition) is 2. The van der Waals surface area contributed by atoms with Gasteiger partial charge in [-0.2, -0.15) is 0 Å². The number of nitrogens with zero attached hydrogens (tertiary/aromatic N) is 1. The molecule has 0 saturated heterocycles. The van der Waals surface area contributed by atoms with Crippen molar-refractivity contribution < 1.29 is 0 Å². The zero-order chi connectivity index (χ0) is 11.8. The van der Waals surface area contributed by atoms with E-state index in [2.05, 4.69) is 11.0 Å². The van der Waals surface area contributed by atoms with Crippen LogP contribution in [0.25, 0.3) is 0 Å². The summed E-state index contributed by atoms with van der Waals surface area (Å²) < 4.78 is 0. The minimum absolute atomic E-state index is 0.768. The molecule has 0 aliphatic carbocycles. The number of hydrogen-bond donors (Lipinski definition) is 1. The van der Waals surface area contributed by atoms with Crippen molar-refractivity contribution in [1.82, 2.24) is 0 Å². The maximum absolute atomic E-state index is 5.99.